The molecule has 0 saturated carbocycles. The van der Waals surface area contributed by atoms with Gasteiger partial charge in [-0.2, -0.15) is 0 Å². The van der Waals surface area contributed by atoms with Gasteiger partial charge in [0.25, 0.3) is 0 Å². The molecule has 6 heteroatoms. The molecule has 1 nitrogen and oxygen atoms in total. The Morgan fingerprint density at radius 1 is 1.00 bits per heavy atom. The van der Waals surface area contributed by atoms with Gasteiger partial charge in [0.05, 0.1) is 5.56 Å². The fourth-order valence-electron chi connectivity index (χ4n) is 1.69. The van der Waals surface area contributed by atoms with Gasteiger partial charge in [-0.25, -0.2) is 13.2 Å². The van der Waals surface area contributed by atoms with Gasteiger partial charge in [0.2, 0.25) is 0 Å². The lowest BCUT2D eigenvalue weighted by molar-refractivity contribution is 0.250. The summed E-state index contributed by atoms with van der Waals surface area (Å²) in [5.41, 5.74) is -2.36. The minimum absolute atomic E-state index is 0.0288. The number of benzene rings is 2. The van der Waals surface area contributed by atoms with Crippen molar-refractivity contribution in [2.24, 2.45) is 0 Å². The molecule has 0 aliphatic carbocycles. The summed E-state index contributed by atoms with van der Waals surface area (Å²) < 4.78 is 41.5. The molecule has 2 aromatic carbocycles. The van der Waals surface area contributed by atoms with E-state index in [1.807, 2.05) is 0 Å². The number of hydrogen-bond donors (Lipinski definition) is 1. The van der Waals surface area contributed by atoms with Crippen molar-refractivity contribution >= 4 is 27.5 Å². The molecule has 19 heavy (non-hydrogen) atoms. The first-order valence-corrected chi connectivity index (χ1v) is 6.39. The molecule has 0 bridgehead atoms. The van der Waals surface area contributed by atoms with Crippen molar-refractivity contribution in [2.45, 2.75) is 5.56 Å². The highest BCUT2D eigenvalue weighted by Gasteiger charge is 2.18. The summed E-state index contributed by atoms with van der Waals surface area (Å²) in [6.07, 6.45) is 0. The number of aliphatic hydroxyl groups is 1. The number of hydrogen-bond acceptors (Lipinski definition) is 1. The molecule has 0 amide bonds. The van der Waals surface area contributed by atoms with Crippen LogP contribution in [0.4, 0.5) is 13.2 Å². The fraction of sp³-hybridized carbons (Fsp3) is 0.0769. The zero-order valence-corrected chi connectivity index (χ0v) is 11.6. The summed E-state index contributed by atoms with van der Waals surface area (Å²) in [5.74, 6) is -2.67. The van der Waals surface area contributed by atoms with Crippen LogP contribution in [-0.4, -0.2) is 5.11 Å². The van der Waals surface area contributed by atoms with E-state index in [-0.39, 0.29) is 11.1 Å². The van der Waals surface area contributed by atoms with Crippen molar-refractivity contribution in [2.75, 3.05) is 0 Å². The van der Waals surface area contributed by atoms with E-state index in [2.05, 4.69) is 15.9 Å². The monoisotopic (exact) mass is 350 g/mol. The molecule has 1 N–H and O–H groups in total. The lowest BCUT2D eigenvalue weighted by atomic mass is 10.0. The van der Waals surface area contributed by atoms with Crippen LogP contribution in [0.3, 0.4) is 0 Å². The van der Waals surface area contributed by atoms with Crippen molar-refractivity contribution in [1.82, 2.24) is 0 Å². The quantitative estimate of drug-likeness (QED) is 0.773. The summed E-state index contributed by atoms with van der Waals surface area (Å²) >= 11 is 8.35. The maximum Gasteiger partial charge on any atom is 0.159 e. The van der Waals surface area contributed by atoms with E-state index in [9.17, 15) is 13.2 Å². The number of alkyl halides is 1. The molecule has 1 atom stereocenters. The molecule has 2 rings (SSSR count). The molecule has 0 radical (unpaired) electrons. The first-order valence-electron chi connectivity index (χ1n) is 5.16. The van der Waals surface area contributed by atoms with Crippen molar-refractivity contribution < 1.29 is 18.3 Å². The molecule has 2 aromatic rings. The summed E-state index contributed by atoms with van der Waals surface area (Å²) in [7, 11) is 0. The third-order valence-corrected chi connectivity index (χ3v) is 3.27. The Balaban J connectivity index is 2.58. The first kappa shape index (κ1) is 14.4. The van der Waals surface area contributed by atoms with Crippen LogP contribution in [0.15, 0.2) is 34.8 Å². The highest BCUT2D eigenvalue weighted by molar-refractivity contribution is 9.10. The minimum Gasteiger partial charge on any atom is -0.373 e. The zero-order valence-electron chi connectivity index (χ0n) is 9.30. The Kier molecular flexibility index (Phi) is 4.18. The fourth-order valence-corrected chi connectivity index (χ4v) is 2.23. The van der Waals surface area contributed by atoms with Gasteiger partial charge in [-0.15, -0.1) is 0 Å². The van der Waals surface area contributed by atoms with Gasteiger partial charge in [0, 0.05) is 10.0 Å². The summed E-state index contributed by atoms with van der Waals surface area (Å²) in [6, 6.07) is 5.99. The average molecular weight is 352 g/mol. The average Bonchev–Trinajstić information content (AvgIpc) is 2.26. The maximum absolute atomic E-state index is 13.7. The van der Waals surface area contributed by atoms with E-state index in [1.54, 1.807) is 6.07 Å². The standard InChI is InChI=1S/C13H7BrClF3O/c14-7-1-2-8(9(16)5-7)6-3-10(17)12(13(15)19)11(18)4-6/h1-5,13,19H. The van der Waals surface area contributed by atoms with E-state index in [4.69, 9.17) is 16.7 Å². The van der Waals surface area contributed by atoms with E-state index in [0.717, 1.165) is 12.1 Å². The van der Waals surface area contributed by atoms with Gasteiger partial charge in [-0.3, -0.25) is 0 Å². The predicted molar refractivity (Wildman–Crippen MR) is 70.3 cm³/mol. The molecule has 1 unspecified atom stereocenters. The molecule has 0 spiro atoms. The second-order valence-corrected chi connectivity index (χ2v) is 5.14. The molecule has 0 heterocycles. The third kappa shape index (κ3) is 2.94. The summed E-state index contributed by atoms with van der Waals surface area (Å²) in [6.45, 7) is 0. The number of aliphatic hydroxyl groups excluding tert-OH is 1. The van der Waals surface area contributed by atoms with Gasteiger partial charge in [0.15, 0.2) is 5.56 Å². The molecule has 100 valence electrons. The Labute approximate surface area is 120 Å². The SMILES string of the molecule is OC(Cl)c1c(F)cc(-c2ccc(Br)cc2F)cc1F. The molecule has 0 saturated heterocycles. The maximum atomic E-state index is 13.7. The van der Waals surface area contributed by atoms with E-state index in [1.165, 1.54) is 12.1 Å². The number of halogens is 5. The Bertz CT molecular complexity index is 608. The van der Waals surface area contributed by atoms with Crippen LogP contribution in [0, 0.1) is 17.5 Å². The van der Waals surface area contributed by atoms with Gasteiger partial charge < -0.3 is 5.11 Å². The third-order valence-electron chi connectivity index (χ3n) is 2.56. The Morgan fingerprint density at radius 3 is 2.05 bits per heavy atom. The minimum atomic E-state index is -1.79. The normalized spacial score (nSPS) is 12.5. The highest BCUT2D eigenvalue weighted by atomic mass is 79.9. The molecular weight excluding hydrogens is 344 g/mol. The van der Waals surface area contributed by atoms with E-state index < -0.39 is 28.6 Å². The van der Waals surface area contributed by atoms with Crippen LogP contribution in [0.5, 0.6) is 0 Å². The molecule has 0 aliphatic heterocycles. The van der Waals surface area contributed by atoms with Crippen LogP contribution >= 0.6 is 27.5 Å². The van der Waals surface area contributed by atoms with Crippen molar-refractivity contribution in [1.29, 1.82) is 0 Å². The van der Waals surface area contributed by atoms with Gasteiger partial charge in [-0.05, 0) is 29.8 Å². The largest absolute Gasteiger partial charge is 0.373 e. The lowest BCUT2D eigenvalue weighted by Gasteiger charge is -2.10. The topological polar surface area (TPSA) is 20.2 Å². The van der Waals surface area contributed by atoms with Crippen LogP contribution in [0.25, 0.3) is 11.1 Å². The summed E-state index contributed by atoms with van der Waals surface area (Å²) in [5, 5.41) is 9.04. The predicted octanol–water partition coefficient (Wildman–Crippen LogP) is 4.76. The molecule has 0 fully saturated rings. The summed E-state index contributed by atoms with van der Waals surface area (Å²) in [4.78, 5) is 0. The van der Waals surface area contributed by atoms with Crippen LogP contribution < -0.4 is 0 Å². The van der Waals surface area contributed by atoms with Gasteiger partial charge in [0.1, 0.15) is 17.5 Å². The van der Waals surface area contributed by atoms with Crippen LogP contribution in [0.2, 0.25) is 0 Å². The van der Waals surface area contributed by atoms with E-state index in [0.29, 0.717) is 4.47 Å². The molecule has 0 aromatic heterocycles. The van der Waals surface area contributed by atoms with Crippen molar-refractivity contribution in [3.63, 3.8) is 0 Å². The van der Waals surface area contributed by atoms with Crippen LogP contribution in [-0.2, 0) is 0 Å². The number of rotatable bonds is 2. The van der Waals surface area contributed by atoms with Gasteiger partial charge >= 0.3 is 0 Å². The van der Waals surface area contributed by atoms with Crippen molar-refractivity contribution in [3.8, 4) is 11.1 Å². The zero-order chi connectivity index (χ0) is 14.2. The van der Waals surface area contributed by atoms with Crippen molar-refractivity contribution in [3.05, 3.63) is 57.8 Å². The molecular formula is C13H7BrClF3O. The first-order chi connectivity index (χ1) is 8.90. The second-order valence-electron chi connectivity index (χ2n) is 3.81. The lowest BCUT2D eigenvalue weighted by Crippen LogP contribution is -1.99. The van der Waals surface area contributed by atoms with E-state index >= 15 is 0 Å². The Hall–Kier alpha value is -1.04. The highest BCUT2D eigenvalue weighted by Crippen LogP contribution is 2.31. The van der Waals surface area contributed by atoms with Gasteiger partial charge in [-0.1, -0.05) is 33.6 Å². The Morgan fingerprint density at radius 2 is 1.58 bits per heavy atom. The smallest absolute Gasteiger partial charge is 0.159 e. The molecule has 0 aliphatic rings. The van der Waals surface area contributed by atoms with Crippen LogP contribution in [0.1, 0.15) is 11.1 Å². The second kappa shape index (κ2) is 5.53.